The summed E-state index contributed by atoms with van der Waals surface area (Å²) in [7, 11) is 0. The fourth-order valence-corrected chi connectivity index (χ4v) is 3.26. The van der Waals surface area contributed by atoms with Crippen molar-refractivity contribution in [2.45, 2.75) is 18.4 Å². The summed E-state index contributed by atoms with van der Waals surface area (Å²) in [5.74, 6) is 0.702. The largest absolute Gasteiger partial charge is 0.337 e. The van der Waals surface area contributed by atoms with E-state index in [0.717, 1.165) is 18.0 Å². The van der Waals surface area contributed by atoms with Gasteiger partial charge in [-0.05, 0) is 30.5 Å². The first-order valence-corrected chi connectivity index (χ1v) is 8.14. The number of carbonyl (C=O) groups is 1. The SMILES string of the molecule is CCN(Cc1cccs1)C(=O)CSc1ccccc1. The predicted molar refractivity (Wildman–Crippen MR) is 82.6 cm³/mol. The highest BCUT2D eigenvalue weighted by atomic mass is 32.2. The Hall–Kier alpha value is -1.26. The van der Waals surface area contributed by atoms with E-state index in [0.29, 0.717) is 5.75 Å². The summed E-state index contributed by atoms with van der Waals surface area (Å²) in [6.07, 6.45) is 0. The number of hydrogen-bond donors (Lipinski definition) is 0. The molecule has 2 nitrogen and oxygen atoms in total. The van der Waals surface area contributed by atoms with E-state index in [2.05, 4.69) is 6.07 Å². The minimum absolute atomic E-state index is 0.199. The van der Waals surface area contributed by atoms with Crippen molar-refractivity contribution in [2.24, 2.45) is 0 Å². The van der Waals surface area contributed by atoms with Crippen LogP contribution in [0.25, 0.3) is 0 Å². The van der Waals surface area contributed by atoms with Crippen LogP contribution in [-0.2, 0) is 11.3 Å². The average Bonchev–Trinajstić information content (AvgIpc) is 2.96. The standard InChI is InChI=1S/C15H17NOS2/c1-2-16(11-14-9-6-10-18-14)15(17)12-19-13-7-4-3-5-8-13/h3-10H,2,11-12H2,1H3. The van der Waals surface area contributed by atoms with Gasteiger partial charge in [-0.15, -0.1) is 23.1 Å². The molecule has 0 bridgehead atoms. The van der Waals surface area contributed by atoms with Crippen molar-refractivity contribution in [2.75, 3.05) is 12.3 Å². The average molecular weight is 291 g/mol. The highest BCUT2D eigenvalue weighted by molar-refractivity contribution is 8.00. The zero-order valence-corrected chi connectivity index (χ0v) is 12.5. The van der Waals surface area contributed by atoms with Crippen molar-refractivity contribution in [3.8, 4) is 0 Å². The predicted octanol–water partition coefficient (Wildman–Crippen LogP) is 3.89. The molecule has 1 heterocycles. The fraction of sp³-hybridized carbons (Fsp3) is 0.267. The van der Waals surface area contributed by atoms with E-state index in [-0.39, 0.29) is 5.91 Å². The Morgan fingerprint density at radius 2 is 2.00 bits per heavy atom. The number of rotatable bonds is 6. The van der Waals surface area contributed by atoms with Crippen molar-refractivity contribution in [3.05, 3.63) is 52.7 Å². The quantitative estimate of drug-likeness (QED) is 0.753. The van der Waals surface area contributed by atoms with E-state index < -0.39 is 0 Å². The van der Waals surface area contributed by atoms with Crippen LogP contribution in [0, 0.1) is 0 Å². The van der Waals surface area contributed by atoms with Gasteiger partial charge in [0.05, 0.1) is 12.3 Å². The second-order valence-corrected chi connectivity index (χ2v) is 6.17. The number of amides is 1. The highest BCUT2D eigenvalue weighted by Gasteiger charge is 2.12. The number of thioether (sulfide) groups is 1. The molecule has 0 aliphatic heterocycles. The van der Waals surface area contributed by atoms with Crippen molar-refractivity contribution < 1.29 is 4.79 Å². The topological polar surface area (TPSA) is 20.3 Å². The van der Waals surface area contributed by atoms with Crippen LogP contribution >= 0.6 is 23.1 Å². The molecule has 1 aromatic heterocycles. The van der Waals surface area contributed by atoms with E-state index in [1.807, 2.05) is 53.6 Å². The minimum Gasteiger partial charge on any atom is -0.337 e. The maximum Gasteiger partial charge on any atom is 0.233 e. The van der Waals surface area contributed by atoms with Gasteiger partial charge in [-0.1, -0.05) is 24.3 Å². The van der Waals surface area contributed by atoms with Gasteiger partial charge in [0.25, 0.3) is 0 Å². The third-order valence-electron chi connectivity index (χ3n) is 2.77. The zero-order valence-electron chi connectivity index (χ0n) is 10.9. The van der Waals surface area contributed by atoms with Crippen LogP contribution in [0.2, 0.25) is 0 Å². The molecule has 0 unspecified atom stereocenters. The summed E-state index contributed by atoms with van der Waals surface area (Å²) in [6, 6.07) is 14.1. The van der Waals surface area contributed by atoms with Gasteiger partial charge in [0.1, 0.15) is 0 Å². The molecule has 0 N–H and O–H groups in total. The molecule has 1 amide bonds. The molecule has 0 atom stereocenters. The Bertz CT molecular complexity index is 496. The molecule has 100 valence electrons. The molecule has 0 radical (unpaired) electrons. The Morgan fingerprint density at radius 1 is 1.21 bits per heavy atom. The summed E-state index contributed by atoms with van der Waals surface area (Å²) in [4.78, 5) is 16.5. The molecule has 0 saturated carbocycles. The van der Waals surface area contributed by atoms with E-state index in [1.165, 1.54) is 4.88 Å². The molecule has 4 heteroatoms. The lowest BCUT2D eigenvalue weighted by molar-refractivity contribution is -0.128. The van der Waals surface area contributed by atoms with Crippen LogP contribution < -0.4 is 0 Å². The summed E-state index contributed by atoms with van der Waals surface area (Å²) in [5.41, 5.74) is 0. The highest BCUT2D eigenvalue weighted by Crippen LogP contribution is 2.18. The van der Waals surface area contributed by atoms with Gasteiger partial charge in [0, 0.05) is 16.3 Å². The Labute approximate surface area is 122 Å². The number of benzene rings is 1. The zero-order chi connectivity index (χ0) is 13.5. The molecule has 2 aromatic rings. The lowest BCUT2D eigenvalue weighted by Gasteiger charge is -2.19. The van der Waals surface area contributed by atoms with Gasteiger partial charge in [0.15, 0.2) is 0 Å². The maximum absolute atomic E-state index is 12.2. The summed E-state index contributed by atoms with van der Waals surface area (Å²) >= 11 is 3.29. The Balaban J connectivity index is 1.87. The summed E-state index contributed by atoms with van der Waals surface area (Å²) in [5, 5.41) is 2.05. The van der Waals surface area contributed by atoms with Crippen LogP contribution in [-0.4, -0.2) is 23.1 Å². The van der Waals surface area contributed by atoms with Crippen molar-refractivity contribution >= 4 is 29.0 Å². The van der Waals surface area contributed by atoms with Crippen molar-refractivity contribution in [1.82, 2.24) is 4.90 Å². The van der Waals surface area contributed by atoms with Crippen LogP contribution in [0.15, 0.2) is 52.7 Å². The molecule has 1 aromatic carbocycles. The first kappa shape index (κ1) is 14.2. The molecule has 0 saturated heterocycles. The summed E-state index contributed by atoms with van der Waals surface area (Å²) in [6.45, 7) is 3.51. The van der Waals surface area contributed by atoms with Gasteiger partial charge in [-0.25, -0.2) is 0 Å². The smallest absolute Gasteiger partial charge is 0.233 e. The van der Waals surface area contributed by atoms with Crippen LogP contribution in [0.3, 0.4) is 0 Å². The second kappa shape index (κ2) is 7.36. The van der Waals surface area contributed by atoms with Gasteiger partial charge >= 0.3 is 0 Å². The molecule has 0 aliphatic carbocycles. The Morgan fingerprint density at radius 3 is 2.63 bits per heavy atom. The number of carbonyl (C=O) groups excluding carboxylic acids is 1. The molecule has 0 spiro atoms. The number of thiophene rings is 1. The first-order valence-electron chi connectivity index (χ1n) is 6.27. The lowest BCUT2D eigenvalue weighted by atomic mass is 10.4. The number of nitrogens with zero attached hydrogens (tertiary/aromatic N) is 1. The van der Waals surface area contributed by atoms with Crippen LogP contribution in [0.5, 0.6) is 0 Å². The van der Waals surface area contributed by atoms with Crippen molar-refractivity contribution in [3.63, 3.8) is 0 Å². The van der Waals surface area contributed by atoms with Gasteiger partial charge < -0.3 is 4.90 Å². The fourth-order valence-electron chi connectivity index (χ4n) is 1.72. The maximum atomic E-state index is 12.2. The molecular formula is C15H17NOS2. The second-order valence-electron chi connectivity index (χ2n) is 4.09. The first-order chi connectivity index (χ1) is 9.29. The summed E-state index contributed by atoms with van der Waals surface area (Å²) < 4.78 is 0. The monoisotopic (exact) mass is 291 g/mol. The van der Waals surface area contributed by atoms with E-state index >= 15 is 0 Å². The molecule has 19 heavy (non-hydrogen) atoms. The van der Waals surface area contributed by atoms with Gasteiger partial charge in [-0.3, -0.25) is 4.79 Å². The third-order valence-corrected chi connectivity index (χ3v) is 4.62. The van der Waals surface area contributed by atoms with Crippen molar-refractivity contribution in [1.29, 1.82) is 0 Å². The van der Waals surface area contributed by atoms with Gasteiger partial charge in [-0.2, -0.15) is 0 Å². The van der Waals surface area contributed by atoms with E-state index in [4.69, 9.17) is 0 Å². The minimum atomic E-state index is 0.199. The van der Waals surface area contributed by atoms with E-state index in [9.17, 15) is 4.79 Å². The van der Waals surface area contributed by atoms with Crippen LogP contribution in [0.4, 0.5) is 0 Å². The molecule has 0 fully saturated rings. The normalized spacial score (nSPS) is 10.4. The lowest BCUT2D eigenvalue weighted by Crippen LogP contribution is -2.31. The third kappa shape index (κ3) is 4.40. The van der Waals surface area contributed by atoms with E-state index in [1.54, 1.807) is 23.1 Å². The van der Waals surface area contributed by atoms with Crippen LogP contribution in [0.1, 0.15) is 11.8 Å². The number of hydrogen-bond acceptors (Lipinski definition) is 3. The molecule has 0 aliphatic rings. The van der Waals surface area contributed by atoms with Gasteiger partial charge in [0.2, 0.25) is 5.91 Å². The molecular weight excluding hydrogens is 274 g/mol. The Kier molecular flexibility index (Phi) is 5.48. The molecule has 2 rings (SSSR count).